The van der Waals surface area contributed by atoms with Crippen LogP contribution in [0.15, 0.2) is 94.9 Å². The number of hydrogen-bond donors (Lipinski definition) is 2. The molecule has 0 unspecified atom stereocenters. The molecule has 1 aliphatic rings. The molecule has 0 bridgehead atoms. The molecule has 0 aromatic carbocycles. The fraction of sp³-hybridized carbons (Fsp3) is 0. The molecule has 2 heteroatoms. The SMILES string of the molecule is SC1=C\C=C\C=C/C=C(S)\C=C/C=C/C=C/C=C\1. The van der Waals surface area contributed by atoms with Crippen molar-refractivity contribution in [3.8, 4) is 0 Å². The van der Waals surface area contributed by atoms with Crippen molar-refractivity contribution in [1.29, 1.82) is 0 Å². The van der Waals surface area contributed by atoms with E-state index in [0.29, 0.717) is 0 Å². The van der Waals surface area contributed by atoms with Crippen molar-refractivity contribution in [2.75, 3.05) is 0 Å². The highest BCUT2D eigenvalue weighted by Gasteiger charge is 1.79. The fourth-order valence-electron chi connectivity index (χ4n) is 1.11. The maximum Gasteiger partial charge on any atom is 0.00399 e. The molecule has 0 atom stereocenters. The summed E-state index contributed by atoms with van der Waals surface area (Å²) in [6.45, 7) is 0. The summed E-state index contributed by atoms with van der Waals surface area (Å²) in [6.07, 6.45) is 27.3. The first-order valence-electron chi connectivity index (χ1n) is 5.60. The Morgan fingerprint density at radius 1 is 0.444 bits per heavy atom. The highest BCUT2D eigenvalue weighted by atomic mass is 32.1. The Kier molecular flexibility index (Phi) is 7.85. The zero-order valence-electron chi connectivity index (χ0n) is 9.98. The lowest BCUT2D eigenvalue weighted by Crippen LogP contribution is -1.63. The number of allylic oxidation sites excluding steroid dienone is 14. The van der Waals surface area contributed by atoms with E-state index in [4.69, 9.17) is 0 Å². The van der Waals surface area contributed by atoms with Crippen LogP contribution in [0.2, 0.25) is 0 Å². The van der Waals surface area contributed by atoms with Gasteiger partial charge in [0, 0.05) is 9.81 Å². The minimum atomic E-state index is 0.908. The molecule has 0 heterocycles. The van der Waals surface area contributed by atoms with Crippen molar-refractivity contribution in [1.82, 2.24) is 0 Å². The summed E-state index contributed by atoms with van der Waals surface area (Å²) < 4.78 is 0. The van der Waals surface area contributed by atoms with Gasteiger partial charge in [0.25, 0.3) is 0 Å². The minimum Gasteiger partial charge on any atom is -0.143 e. The molecule has 0 amide bonds. The van der Waals surface area contributed by atoms with Gasteiger partial charge >= 0.3 is 0 Å². The van der Waals surface area contributed by atoms with Crippen molar-refractivity contribution < 1.29 is 0 Å². The van der Waals surface area contributed by atoms with Gasteiger partial charge in [0.05, 0.1) is 0 Å². The number of thiol groups is 2. The van der Waals surface area contributed by atoms with E-state index in [2.05, 4.69) is 25.3 Å². The van der Waals surface area contributed by atoms with Gasteiger partial charge < -0.3 is 0 Å². The summed E-state index contributed by atoms with van der Waals surface area (Å²) in [6, 6.07) is 0. The molecule has 0 saturated heterocycles. The molecular formula is C16H16S2. The van der Waals surface area contributed by atoms with Crippen LogP contribution in [0.1, 0.15) is 0 Å². The third-order valence-electron chi connectivity index (χ3n) is 1.96. The monoisotopic (exact) mass is 272 g/mol. The number of hydrogen-bond acceptors (Lipinski definition) is 2. The second kappa shape index (κ2) is 9.63. The molecule has 0 fully saturated rings. The topological polar surface area (TPSA) is 0 Å². The lowest BCUT2D eigenvalue weighted by atomic mass is 10.3. The highest BCUT2D eigenvalue weighted by Crippen LogP contribution is 2.04. The van der Waals surface area contributed by atoms with Gasteiger partial charge in [0.2, 0.25) is 0 Å². The van der Waals surface area contributed by atoms with Crippen molar-refractivity contribution in [3.63, 3.8) is 0 Å². The Bertz CT molecular complexity index is 435. The Hall–Kier alpha value is -1.38. The predicted octanol–water partition coefficient (Wildman–Crippen LogP) is 4.96. The zero-order chi connectivity index (χ0) is 13.1. The van der Waals surface area contributed by atoms with Crippen LogP contribution in [0.25, 0.3) is 0 Å². The zero-order valence-corrected chi connectivity index (χ0v) is 11.8. The summed E-state index contributed by atoms with van der Waals surface area (Å²) >= 11 is 8.67. The van der Waals surface area contributed by atoms with E-state index in [1.165, 1.54) is 0 Å². The third kappa shape index (κ3) is 7.82. The fourth-order valence-corrected chi connectivity index (χ4v) is 1.46. The minimum absolute atomic E-state index is 0.908. The van der Waals surface area contributed by atoms with E-state index < -0.39 is 0 Å². The van der Waals surface area contributed by atoms with E-state index in [1.807, 2.05) is 85.1 Å². The second-order valence-corrected chi connectivity index (χ2v) is 4.47. The lowest BCUT2D eigenvalue weighted by Gasteiger charge is -1.86. The maximum absolute atomic E-state index is 4.34. The quantitative estimate of drug-likeness (QED) is 0.572. The molecule has 0 saturated carbocycles. The summed E-state index contributed by atoms with van der Waals surface area (Å²) in [5.74, 6) is 0. The molecule has 92 valence electrons. The van der Waals surface area contributed by atoms with Gasteiger partial charge in [-0.2, -0.15) is 0 Å². The highest BCUT2D eigenvalue weighted by molar-refractivity contribution is 7.84. The Labute approximate surface area is 120 Å². The lowest BCUT2D eigenvalue weighted by molar-refractivity contribution is 1.78. The maximum atomic E-state index is 4.34. The van der Waals surface area contributed by atoms with Crippen LogP contribution in [0.4, 0.5) is 0 Å². The average molecular weight is 272 g/mol. The molecule has 0 aromatic rings. The largest absolute Gasteiger partial charge is 0.143 e. The summed E-state index contributed by atoms with van der Waals surface area (Å²) in [4.78, 5) is 1.82. The van der Waals surface area contributed by atoms with Crippen molar-refractivity contribution in [2.45, 2.75) is 0 Å². The van der Waals surface area contributed by atoms with E-state index >= 15 is 0 Å². The Morgan fingerprint density at radius 3 is 1.22 bits per heavy atom. The van der Waals surface area contributed by atoms with Crippen LogP contribution in [0, 0.1) is 0 Å². The molecule has 0 spiro atoms. The van der Waals surface area contributed by atoms with Gasteiger partial charge in [-0.25, -0.2) is 0 Å². The van der Waals surface area contributed by atoms with E-state index in [-0.39, 0.29) is 0 Å². The predicted molar refractivity (Wildman–Crippen MR) is 89.0 cm³/mol. The van der Waals surface area contributed by atoms with Crippen molar-refractivity contribution >= 4 is 25.3 Å². The van der Waals surface area contributed by atoms with E-state index in [9.17, 15) is 0 Å². The first-order chi connectivity index (χ1) is 8.79. The van der Waals surface area contributed by atoms with Gasteiger partial charge in [-0.15, -0.1) is 25.3 Å². The van der Waals surface area contributed by atoms with Crippen LogP contribution >= 0.6 is 25.3 Å². The van der Waals surface area contributed by atoms with Crippen LogP contribution < -0.4 is 0 Å². The van der Waals surface area contributed by atoms with Crippen LogP contribution in [0.5, 0.6) is 0 Å². The Balaban J connectivity index is 2.86. The first-order valence-corrected chi connectivity index (χ1v) is 6.50. The average Bonchev–Trinajstić information content (AvgIpc) is 2.35. The van der Waals surface area contributed by atoms with E-state index in [1.54, 1.807) is 0 Å². The number of rotatable bonds is 0. The molecule has 0 nitrogen and oxygen atoms in total. The van der Waals surface area contributed by atoms with E-state index in [0.717, 1.165) is 9.81 Å². The first kappa shape index (κ1) is 14.7. The molecule has 0 aliphatic heterocycles. The molecule has 0 aromatic heterocycles. The Morgan fingerprint density at radius 2 is 0.778 bits per heavy atom. The molecule has 0 radical (unpaired) electrons. The van der Waals surface area contributed by atoms with Crippen LogP contribution in [-0.4, -0.2) is 0 Å². The van der Waals surface area contributed by atoms with Gasteiger partial charge in [0.1, 0.15) is 0 Å². The van der Waals surface area contributed by atoms with Crippen LogP contribution in [-0.2, 0) is 0 Å². The normalized spacial score (nSPS) is 33.2. The molecule has 1 aliphatic carbocycles. The van der Waals surface area contributed by atoms with Gasteiger partial charge in [-0.1, -0.05) is 60.8 Å². The molecule has 0 N–H and O–H groups in total. The standard InChI is InChI=1S/C16H16S2/c17-15-11-7-3-1-2-4-8-12-16(18)14-10-6-5-9-13-15/h1-14,17-18H/b2-1?,3-1+,4-2+,6-5?,7-3?,8-4?,9-5-,10-6+,11-7-,12-8-,13-9?,14-10?,15-11?,15-13+,16-12?,16-14-. The molecule has 18 heavy (non-hydrogen) atoms. The van der Waals surface area contributed by atoms with Gasteiger partial charge in [0.15, 0.2) is 0 Å². The van der Waals surface area contributed by atoms with Gasteiger partial charge in [-0.3, -0.25) is 0 Å². The molecular weight excluding hydrogens is 256 g/mol. The van der Waals surface area contributed by atoms with Crippen molar-refractivity contribution in [3.05, 3.63) is 94.9 Å². The summed E-state index contributed by atoms with van der Waals surface area (Å²) in [5, 5.41) is 0. The summed E-state index contributed by atoms with van der Waals surface area (Å²) in [7, 11) is 0. The summed E-state index contributed by atoms with van der Waals surface area (Å²) in [5.41, 5.74) is 0. The third-order valence-corrected chi connectivity index (χ3v) is 2.55. The van der Waals surface area contributed by atoms with Crippen molar-refractivity contribution in [2.24, 2.45) is 0 Å². The second-order valence-electron chi connectivity index (χ2n) is 3.44. The van der Waals surface area contributed by atoms with Crippen LogP contribution in [0.3, 0.4) is 0 Å². The smallest absolute Gasteiger partial charge is 0.00399 e. The molecule has 1 rings (SSSR count). The van der Waals surface area contributed by atoms with Gasteiger partial charge in [-0.05, 0) is 24.3 Å².